The lowest BCUT2D eigenvalue weighted by molar-refractivity contribution is 0.0729. The van der Waals surface area contributed by atoms with E-state index in [1.54, 1.807) is 11.0 Å². The molecule has 0 atom stereocenters. The second-order valence-corrected chi connectivity index (χ2v) is 9.18. The first-order chi connectivity index (χ1) is 14.3. The molecule has 0 bridgehead atoms. The average molecular weight is 433 g/mol. The smallest absolute Gasteiger partial charge is 0.258 e. The number of aryl methyl sites for hydroxylation is 2. The van der Waals surface area contributed by atoms with Crippen LogP contribution in [-0.2, 0) is 14.8 Å². The SMILES string of the molecule is CCN(C(=O)c1ccc(OC)c(S(=O)(=O)N2CCOCC2)c1)c1cc(C)cc(C)c1. The maximum absolute atomic E-state index is 13.3. The molecule has 0 spiro atoms. The van der Waals surface area contributed by atoms with Crippen LogP contribution in [0.15, 0.2) is 41.3 Å². The van der Waals surface area contributed by atoms with E-state index in [1.807, 2.05) is 39.0 Å². The van der Waals surface area contributed by atoms with Crippen molar-refractivity contribution >= 4 is 21.6 Å². The Morgan fingerprint density at radius 3 is 2.30 bits per heavy atom. The number of amides is 1. The lowest BCUT2D eigenvalue weighted by Gasteiger charge is -2.27. The molecule has 1 amide bonds. The molecule has 0 N–H and O–H groups in total. The van der Waals surface area contributed by atoms with Gasteiger partial charge >= 0.3 is 0 Å². The summed E-state index contributed by atoms with van der Waals surface area (Å²) < 4.78 is 38.3. The van der Waals surface area contributed by atoms with E-state index in [1.165, 1.54) is 23.5 Å². The molecule has 1 fully saturated rings. The number of anilines is 1. The Morgan fingerprint density at radius 1 is 1.10 bits per heavy atom. The highest BCUT2D eigenvalue weighted by molar-refractivity contribution is 7.89. The van der Waals surface area contributed by atoms with Gasteiger partial charge in [0, 0.05) is 30.9 Å². The minimum Gasteiger partial charge on any atom is -0.495 e. The number of morpholine rings is 1. The Kier molecular flexibility index (Phi) is 6.80. The number of hydrogen-bond donors (Lipinski definition) is 0. The summed E-state index contributed by atoms with van der Waals surface area (Å²) >= 11 is 0. The van der Waals surface area contributed by atoms with Crippen LogP contribution in [0.4, 0.5) is 5.69 Å². The van der Waals surface area contributed by atoms with Crippen molar-refractivity contribution in [2.24, 2.45) is 0 Å². The van der Waals surface area contributed by atoms with Crippen molar-refractivity contribution in [1.82, 2.24) is 4.31 Å². The van der Waals surface area contributed by atoms with Gasteiger partial charge in [-0.25, -0.2) is 8.42 Å². The lowest BCUT2D eigenvalue weighted by atomic mass is 10.1. The van der Waals surface area contributed by atoms with E-state index in [-0.39, 0.29) is 29.6 Å². The number of carbonyl (C=O) groups excluding carboxylic acids is 1. The Morgan fingerprint density at radius 2 is 1.73 bits per heavy atom. The molecule has 2 aromatic carbocycles. The van der Waals surface area contributed by atoms with E-state index in [9.17, 15) is 13.2 Å². The summed E-state index contributed by atoms with van der Waals surface area (Å²) in [6.07, 6.45) is 0. The molecule has 0 aromatic heterocycles. The van der Waals surface area contributed by atoms with Gasteiger partial charge in [0.1, 0.15) is 10.6 Å². The van der Waals surface area contributed by atoms with Crippen LogP contribution in [0.25, 0.3) is 0 Å². The van der Waals surface area contributed by atoms with E-state index in [0.29, 0.717) is 25.3 Å². The number of benzene rings is 2. The number of nitrogens with zero attached hydrogens (tertiary/aromatic N) is 2. The highest BCUT2D eigenvalue weighted by atomic mass is 32.2. The predicted molar refractivity (Wildman–Crippen MR) is 116 cm³/mol. The van der Waals surface area contributed by atoms with Crippen molar-refractivity contribution in [3.8, 4) is 5.75 Å². The summed E-state index contributed by atoms with van der Waals surface area (Å²) in [5.74, 6) is -0.0453. The summed E-state index contributed by atoms with van der Waals surface area (Å²) in [7, 11) is -2.39. The molecule has 1 aliphatic heterocycles. The van der Waals surface area contributed by atoms with Crippen LogP contribution in [0.2, 0.25) is 0 Å². The molecule has 0 unspecified atom stereocenters. The number of rotatable bonds is 6. The molecule has 1 saturated heterocycles. The zero-order valence-corrected chi connectivity index (χ0v) is 18.7. The third-order valence-electron chi connectivity index (χ3n) is 5.08. The van der Waals surface area contributed by atoms with E-state index in [4.69, 9.17) is 9.47 Å². The molecule has 30 heavy (non-hydrogen) atoms. The predicted octanol–water partition coefficient (Wildman–Crippen LogP) is 3.00. The summed E-state index contributed by atoms with van der Waals surface area (Å²) in [5, 5.41) is 0. The fraction of sp³-hybridized carbons (Fsp3) is 0.409. The first-order valence-electron chi connectivity index (χ1n) is 9.94. The average Bonchev–Trinajstić information content (AvgIpc) is 2.73. The Hall–Kier alpha value is -2.42. The monoisotopic (exact) mass is 432 g/mol. The fourth-order valence-electron chi connectivity index (χ4n) is 3.64. The number of methoxy groups -OCH3 is 1. The van der Waals surface area contributed by atoms with Crippen LogP contribution in [-0.4, -0.2) is 58.6 Å². The first kappa shape index (κ1) is 22.3. The third-order valence-corrected chi connectivity index (χ3v) is 7.00. The summed E-state index contributed by atoms with van der Waals surface area (Å²) in [4.78, 5) is 15.0. The molecular formula is C22H28N2O5S. The molecular weight excluding hydrogens is 404 g/mol. The standard InChI is InChI=1S/C22H28N2O5S/c1-5-24(19-13-16(2)12-17(3)14-19)22(25)18-6-7-20(28-4)21(15-18)30(26,27)23-8-10-29-11-9-23/h6-7,12-15H,5,8-11H2,1-4H3. The quantitative estimate of drug-likeness (QED) is 0.701. The van der Waals surface area contributed by atoms with Gasteiger partial charge in [0.15, 0.2) is 0 Å². The molecule has 8 heteroatoms. The van der Waals surface area contributed by atoms with E-state index >= 15 is 0 Å². The van der Waals surface area contributed by atoms with Gasteiger partial charge in [-0.2, -0.15) is 4.31 Å². The van der Waals surface area contributed by atoms with Crippen LogP contribution in [0.5, 0.6) is 5.75 Å². The number of sulfonamides is 1. The largest absolute Gasteiger partial charge is 0.495 e. The minimum atomic E-state index is -3.81. The number of carbonyl (C=O) groups is 1. The zero-order chi connectivity index (χ0) is 21.9. The van der Waals surface area contributed by atoms with Gasteiger partial charge in [0.2, 0.25) is 10.0 Å². The van der Waals surface area contributed by atoms with E-state index in [2.05, 4.69) is 0 Å². The van der Waals surface area contributed by atoms with Gasteiger partial charge < -0.3 is 14.4 Å². The highest BCUT2D eigenvalue weighted by Crippen LogP contribution is 2.30. The van der Waals surface area contributed by atoms with Gasteiger partial charge in [-0.15, -0.1) is 0 Å². The minimum absolute atomic E-state index is 0.00535. The highest BCUT2D eigenvalue weighted by Gasteiger charge is 2.30. The molecule has 0 radical (unpaired) electrons. The molecule has 2 aromatic rings. The van der Waals surface area contributed by atoms with Crippen LogP contribution in [0, 0.1) is 13.8 Å². The second-order valence-electron chi connectivity index (χ2n) is 7.28. The molecule has 3 rings (SSSR count). The summed E-state index contributed by atoms with van der Waals surface area (Å²) in [6.45, 7) is 7.54. The van der Waals surface area contributed by atoms with Crippen molar-refractivity contribution < 1.29 is 22.7 Å². The maximum atomic E-state index is 13.3. The van der Waals surface area contributed by atoms with Crippen molar-refractivity contribution in [2.45, 2.75) is 25.7 Å². The Labute approximate surface area is 178 Å². The molecule has 1 heterocycles. The Bertz CT molecular complexity index is 1010. The van der Waals surface area contributed by atoms with E-state index < -0.39 is 10.0 Å². The van der Waals surface area contributed by atoms with Gasteiger partial charge in [0.05, 0.1) is 20.3 Å². The molecule has 7 nitrogen and oxygen atoms in total. The summed E-state index contributed by atoms with van der Waals surface area (Å²) in [5.41, 5.74) is 3.19. The van der Waals surface area contributed by atoms with Crippen LogP contribution < -0.4 is 9.64 Å². The second kappa shape index (κ2) is 9.16. The topological polar surface area (TPSA) is 76.2 Å². The fourth-order valence-corrected chi connectivity index (χ4v) is 5.23. The van der Waals surface area contributed by atoms with Gasteiger partial charge in [0.25, 0.3) is 5.91 Å². The van der Waals surface area contributed by atoms with E-state index in [0.717, 1.165) is 16.8 Å². The lowest BCUT2D eigenvalue weighted by Crippen LogP contribution is -2.40. The normalized spacial score (nSPS) is 15.1. The molecule has 1 aliphatic rings. The van der Waals surface area contributed by atoms with Crippen molar-refractivity contribution in [3.05, 3.63) is 53.1 Å². The van der Waals surface area contributed by atoms with Crippen molar-refractivity contribution in [3.63, 3.8) is 0 Å². The number of hydrogen-bond acceptors (Lipinski definition) is 5. The van der Waals surface area contributed by atoms with Crippen molar-refractivity contribution in [2.75, 3.05) is 44.9 Å². The first-order valence-corrected chi connectivity index (χ1v) is 11.4. The molecule has 0 aliphatic carbocycles. The van der Waals surface area contributed by atoms with Crippen LogP contribution >= 0.6 is 0 Å². The van der Waals surface area contributed by atoms with Gasteiger partial charge in [-0.1, -0.05) is 6.07 Å². The third kappa shape index (κ3) is 4.50. The Balaban J connectivity index is 2.01. The maximum Gasteiger partial charge on any atom is 0.258 e. The zero-order valence-electron chi connectivity index (χ0n) is 17.8. The van der Waals surface area contributed by atoms with Crippen molar-refractivity contribution in [1.29, 1.82) is 0 Å². The number of ether oxygens (including phenoxy) is 2. The van der Waals surface area contributed by atoms with Crippen LogP contribution in [0.3, 0.4) is 0 Å². The molecule has 162 valence electrons. The van der Waals surface area contributed by atoms with Gasteiger partial charge in [-0.05, 0) is 62.2 Å². The molecule has 0 saturated carbocycles. The van der Waals surface area contributed by atoms with Gasteiger partial charge in [-0.3, -0.25) is 4.79 Å². The summed E-state index contributed by atoms with van der Waals surface area (Å²) in [6, 6.07) is 10.5. The van der Waals surface area contributed by atoms with Crippen LogP contribution in [0.1, 0.15) is 28.4 Å².